The van der Waals surface area contributed by atoms with Crippen LogP contribution in [0.15, 0.2) is 24.3 Å². The molecule has 2 aliphatic rings. The fourth-order valence-corrected chi connectivity index (χ4v) is 4.23. The summed E-state index contributed by atoms with van der Waals surface area (Å²) in [6, 6.07) is 8.30. The van der Waals surface area contributed by atoms with Crippen LogP contribution in [-0.4, -0.2) is 12.0 Å². The van der Waals surface area contributed by atoms with E-state index in [0.717, 1.165) is 23.8 Å². The number of hydrogen-bond acceptors (Lipinski definition) is 2. The summed E-state index contributed by atoms with van der Waals surface area (Å²) in [6.45, 7) is 5.33. The van der Waals surface area contributed by atoms with Crippen LogP contribution in [0.2, 0.25) is 0 Å². The second-order valence-electron chi connectivity index (χ2n) is 7.60. The molecule has 2 saturated carbocycles. The minimum absolute atomic E-state index is 0.214. The first-order valence-electron chi connectivity index (χ1n) is 9.06. The van der Waals surface area contributed by atoms with Gasteiger partial charge in [-0.1, -0.05) is 30.7 Å². The van der Waals surface area contributed by atoms with E-state index in [-0.39, 0.29) is 12.0 Å². The normalized spacial score (nSPS) is 26.0. The third-order valence-corrected chi connectivity index (χ3v) is 5.40. The van der Waals surface area contributed by atoms with E-state index in [0.29, 0.717) is 19.1 Å². The lowest BCUT2D eigenvalue weighted by Gasteiger charge is -2.20. The van der Waals surface area contributed by atoms with Crippen LogP contribution in [0.4, 0.5) is 0 Å². The highest BCUT2D eigenvalue weighted by molar-refractivity contribution is 5.76. The number of benzene rings is 1. The second-order valence-corrected chi connectivity index (χ2v) is 7.60. The van der Waals surface area contributed by atoms with Crippen molar-refractivity contribution in [2.75, 3.05) is 0 Å². The highest BCUT2D eigenvalue weighted by atomic mass is 16.5. The van der Waals surface area contributed by atoms with Crippen molar-refractivity contribution in [1.82, 2.24) is 5.32 Å². The van der Waals surface area contributed by atoms with Gasteiger partial charge >= 0.3 is 0 Å². The molecule has 3 rings (SSSR count). The predicted molar refractivity (Wildman–Crippen MR) is 91.8 cm³/mol. The molecular weight excluding hydrogens is 286 g/mol. The lowest BCUT2D eigenvalue weighted by Crippen LogP contribution is -2.26. The van der Waals surface area contributed by atoms with Crippen LogP contribution in [-0.2, 0) is 22.7 Å². The van der Waals surface area contributed by atoms with E-state index in [4.69, 9.17) is 4.74 Å². The Morgan fingerprint density at radius 3 is 2.78 bits per heavy atom. The Kier molecular flexibility index (Phi) is 5.37. The van der Waals surface area contributed by atoms with Gasteiger partial charge in [0.2, 0.25) is 5.91 Å². The van der Waals surface area contributed by atoms with Crippen molar-refractivity contribution in [3.8, 4) is 0 Å². The van der Waals surface area contributed by atoms with Gasteiger partial charge in [0.1, 0.15) is 0 Å². The zero-order chi connectivity index (χ0) is 16.2. The van der Waals surface area contributed by atoms with Crippen molar-refractivity contribution in [2.24, 2.45) is 17.8 Å². The van der Waals surface area contributed by atoms with E-state index in [9.17, 15) is 4.79 Å². The van der Waals surface area contributed by atoms with Crippen molar-refractivity contribution in [3.63, 3.8) is 0 Å². The average molecular weight is 315 g/mol. The smallest absolute Gasteiger partial charge is 0.220 e. The van der Waals surface area contributed by atoms with Crippen molar-refractivity contribution in [3.05, 3.63) is 35.4 Å². The molecule has 0 unspecified atom stereocenters. The number of amides is 1. The molecule has 0 spiro atoms. The molecule has 1 aromatic rings. The number of rotatable bonds is 7. The number of carbonyl (C=O) groups excluding carboxylic acids is 1. The summed E-state index contributed by atoms with van der Waals surface area (Å²) < 4.78 is 5.64. The lowest BCUT2D eigenvalue weighted by molar-refractivity contribution is -0.122. The van der Waals surface area contributed by atoms with Crippen molar-refractivity contribution >= 4 is 5.91 Å². The molecule has 126 valence electrons. The van der Waals surface area contributed by atoms with E-state index in [1.54, 1.807) is 0 Å². The molecule has 1 amide bonds. The van der Waals surface area contributed by atoms with Gasteiger partial charge in [0.25, 0.3) is 0 Å². The van der Waals surface area contributed by atoms with Gasteiger partial charge in [-0.2, -0.15) is 0 Å². The average Bonchev–Trinajstić information content (AvgIpc) is 3.14. The second kappa shape index (κ2) is 7.48. The predicted octanol–water partition coefficient (Wildman–Crippen LogP) is 4.05. The summed E-state index contributed by atoms with van der Waals surface area (Å²) >= 11 is 0. The molecule has 0 aliphatic heterocycles. The molecule has 0 aromatic heterocycles. The zero-order valence-electron chi connectivity index (χ0n) is 14.4. The van der Waals surface area contributed by atoms with Gasteiger partial charge in [0, 0.05) is 13.0 Å². The van der Waals surface area contributed by atoms with Gasteiger partial charge in [0.05, 0.1) is 12.7 Å². The Hall–Kier alpha value is -1.35. The summed E-state index contributed by atoms with van der Waals surface area (Å²) in [5.74, 6) is 2.59. The van der Waals surface area contributed by atoms with Crippen LogP contribution in [0.5, 0.6) is 0 Å². The summed E-state index contributed by atoms with van der Waals surface area (Å²) in [6.07, 6.45) is 6.35. The SMILES string of the molecule is CC(C)OCc1cccc(CNC(=O)C[C@H]2C[C@H]3CC[C@@H]2C3)c1. The molecule has 3 heteroatoms. The first kappa shape index (κ1) is 16.5. The van der Waals surface area contributed by atoms with E-state index >= 15 is 0 Å². The van der Waals surface area contributed by atoms with Crippen LogP contribution < -0.4 is 5.32 Å². The van der Waals surface area contributed by atoms with Gasteiger partial charge in [-0.3, -0.25) is 4.79 Å². The number of carbonyl (C=O) groups is 1. The van der Waals surface area contributed by atoms with E-state index in [1.807, 2.05) is 19.9 Å². The Morgan fingerprint density at radius 2 is 2.09 bits per heavy atom. The third kappa shape index (κ3) is 4.57. The topological polar surface area (TPSA) is 38.3 Å². The van der Waals surface area contributed by atoms with Crippen molar-refractivity contribution in [1.29, 1.82) is 0 Å². The molecular formula is C20H29NO2. The highest BCUT2D eigenvalue weighted by Crippen LogP contribution is 2.49. The van der Waals surface area contributed by atoms with E-state index in [1.165, 1.54) is 31.2 Å². The molecule has 0 heterocycles. The highest BCUT2D eigenvalue weighted by Gasteiger charge is 2.39. The molecule has 0 radical (unpaired) electrons. The number of fused-ring (bicyclic) bond motifs is 2. The maximum atomic E-state index is 12.2. The Bertz CT molecular complexity index is 540. The maximum absolute atomic E-state index is 12.2. The molecule has 2 bridgehead atoms. The maximum Gasteiger partial charge on any atom is 0.220 e. The summed E-state index contributed by atoms with van der Waals surface area (Å²) in [4.78, 5) is 12.2. The zero-order valence-corrected chi connectivity index (χ0v) is 14.4. The van der Waals surface area contributed by atoms with Gasteiger partial charge < -0.3 is 10.1 Å². The van der Waals surface area contributed by atoms with Crippen LogP contribution in [0, 0.1) is 17.8 Å². The number of hydrogen-bond donors (Lipinski definition) is 1. The third-order valence-electron chi connectivity index (χ3n) is 5.40. The first-order valence-corrected chi connectivity index (χ1v) is 9.06. The molecule has 3 nitrogen and oxygen atoms in total. The fraction of sp³-hybridized carbons (Fsp3) is 0.650. The Balaban J connectivity index is 1.44. The number of ether oxygens (including phenoxy) is 1. The largest absolute Gasteiger partial charge is 0.374 e. The van der Waals surface area contributed by atoms with Gasteiger partial charge in [-0.15, -0.1) is 0 Å². The lowest BCUT2D eigenvalue weighted by atomic mass is 9.86. The van der Waals surface area contributed by atoms with Crippen molar-refractivity contribution < 1.29 is 9.53 Å². The van der Waals surface area contributed by atoms with Crippen LogP contribution in [0.1, 0.15) is 57.1 Å². The Labute approximate surface area is 139 Å². The molecule has 1 aromatic carbocycles. The summed E-state index contributed by atoms with van der Waals surface area (Å²) in [5, 5.41) is 3.10. The van der Waals surface area contributed by atoms with E-state index < -0.39 is 0 Å². The summed E-state index contributed by atoms with van der Waals surface area (Å²) in [5.41, 5.74) is 2.31. The minimum Gasteiger partial charge on any atom is -0.374 e. The van der Waals surface area contributed by atoms with Gasteiger partial charge in [-0.25, -0.2) is 0 Å². The Morgan fingerprint density at radius 1 is 1.26 bits per heavy atom. The fourth-order valence-electron chi connectivity index (χ4n) is 4.23. The monoisotopic (exact) mass is 315 g/mol. The van der Waals surface area contributed by atoms with Crippen molar-refractivity contribution in [2.45, 2.75) is 65.2 Å². The quantitative estimate of drug-likeness (QED) is 0.824. The molecule has 1 N–H and O–H groups in total. The van der Waals surface area contributed by atoms with Gasteiger partial charge in [0.15, 0.2) is 0 Å². The number of nitrogens with one attached hydrogen (secondary N) is 1. The van der Waals surface area contributed by atoms with Crippen LogP contribution in [0.25, 0.3) is 0 Å². The van der Waals surface area contributed by atoms with Gasteiger partial charge in [-0.05, 0) is 62.0 Å². The first-order chi connectivity index (χ1) is 11.1. The standard InChI is InChI=1S/C20H29NO2/c1-14(2)23-13-17-5-3-4-16(8-17)12-21-20(22)11-19-10-15-6-7-18(19)9-15/h3-5,8,14-15,18-19H,6-7,9-13H2,1-2H3,(H,21,22)/t15-,18+,19+/m0/s1. The van der Waals surface area contributed by atoms with Crippen LogP contribution in [0.3, 0.4) is 0 Å². The summed E-state index contributed by atoms with van der Waals surface area (Å²) in [7, 11) is 0. The molecule has 0 saturated heterocycles. The van der Waals surface area contributed by atoms with E-state index in [2.05, 4.69) is 23.5 Å². The molecule has 23 heavy (non-hydrogen) atoms. The minimum atomic E-state index is 0.214. The molecule has 2 aliphatic carbocycles. The van der Waals surface area contributed by atoms with Crippen LogP contribution >= 0.6 is 0 Å². The molecule has 3 atom stereocenters. The molecule has 2 fully saturated rings.